The van der Waals surface area contributed by atoms with Crippen molar-refractivity contribution in [1.82, 2.24) is 10.2 Å². The number of hydrogen-bond acceptors (Lipinski definition) is 3. The second kappa shape index (κ2) is 7.77. The molecule has 1 heterocycles. The van der Waals surface area contributed by atoms with Gasteiger partial charge in [0.1, 0.15) is 0 Å². The quantitative estimate of drug-likeness (QED) is 0.718. The first-order valence-corrected chi connectivity index (χ1v) is 8.76. The van der Waals surface area contributed by atoms with Gasteiger partial charge in [-0.3, -0.25) is 0 Å². The largest absolute Gasteiger partial charge is 0.394 e. The van der Waals surface area contributed by atoms with Gasteiger partial charge in [0.25, 0.3) is 0 Å². The van der Waals surface area contributed by atoms with Crippen LogP contribution in [0.4, 0.5) is 0 Å². The lowest BCUT2D eigenvalue weighted by atomic mass is 9.96. The van der Waals surface area contributed by atoms with E-state index in [1.807, 2.05) is 0 Å². The number of aliphatic hydroxyl groups is 1. The lowest BCUT2D eigenvalue weighted by Gasteiger charge is -2.30. The fourth-order valence-corrected chi connectivity index (χ4v) is 3.47. The van der Waals surface area contributed by atoms with Crippen molar-refractivity contribution in [2.75, 3.05) is 26.2 Å². The van der Waals surface area contributed by atoms with Gasteiger partial charge in [0.05, 0.1) is 6.61 Å². The lowest BCUT2D eigenvalue weighted by Crippen LogP contribution is -2.47. The van der Waals surface area contributed by atoms with E-state index in [4.69, 9.17) is 0 Å². The number of hydrogen-bond donors (Lipinski definition) is 2. The number of rotatable bonds is 8. The summed E-state index contributed by atoms with van der Waals surface area (Å²) >= 11 is 0. The molecule has 2 unspecified atom stereocenters. The van der Waals surface area contributed by atoms with Crippen LogP contribution in [0.1, 0.15) is 65.2 Å². The number of likely N-dealkylation sites (tertiary alicyclic amines) is 1. The molecule has 1 aliphatic heterocycles. The average molecular weight is 282 g/mol. The molecule has 1 saturated carbocycles. The zero-order valence-corrected chi connectivity index (χ0v) is 13.5. The smallest absolute Gasteiger partial charge is 0.0610 e. The molecule has 2 aliphatic rings. The Morgan fingerprint density at radius 3 is 2.65 bits per heavy atom. The third-order valence-corrected chi connectivity index (χ3v) is 5.20. The fourth-order valence-electron chi connectivity index (χ4n) is 3.47. The summed E-state index contributed by atoms with van der Waals surface area (Å²) in [5, 5.41) is 13.2. The van der Waals surface area contributed by atoms with E-state index in [1.165, 1.54) is 64.6 Å². The van der Waals surface area contributed by atoms with Crippen LogP contribution in [0.3, 0.4) is 0 Å². The van der Waals surface area contributed by atoms with Gasteiger partial charge in [-0.1, -0.05) is 13.3 Å². The van der Waals surface area contributed by atoms with Crippen molar-refractivity contribution >= 4 is 0 Å². The highest BCUT2D eigenvalue weighted by Crippen LogP contribution is 2.25. The third-order valence-electron chi connectivity index (χ3n) is 5.20. The monoisotopic (exact) mass is 282 g/mol. The summed E-state index contributed by atoms with van der Waals surface area (Å²) in [6, 6.07) is 0.677. The summed E-state index contributed by atoms with van der Waals surface area (Å²) in [6.07, 6.45) is 10.4. The Kier molecular flexibility index (Phi) is 6.31. The van der Waals surface area contributed by atoms with Crippen LogP contribution in [0.15, 0.2) is 0 Å². The van der Waals surface area contributed by atoms with Gasteiger partial charge < -0.3 is 15.3 Å². The average Bonchev–Trinajstić information content (AvgIpc) is 3.26. The summed E-state index contributed by atoms with van der Waals surface area (Å²) in [5.41, 5.74) is -0.0566. The first kappa shape index (κ1) is 16.3. The molecule has 3 heteroatoms. The second-order valence-corrected chi connectivity index (χ2v) is 7.29. The fraction of sp³-hybridized carbons (Fsp3) is 1.00. The zero-order chi connectivity index (χ0) is 14.4. The zero-order valence-electron chi connectivity index (χ0n) is 13.5. The first-order valence-electron chi connectivity index (χ1n) is 8.76. The molecule has 1 aliphatic carbocycles. The third kappa shape index (κ3) is 5.34. The van der Waals surface area contributed by atoms with E-state index in [9.17, 15) is 5.11 Å². The van der Waals surface area contributed by atoms with Crippen LogP contribution < -0.4 is 5.32 Å². The molecule has 0 aromatic carbocycles. The molecule has 0 aromatic rings. The van der Waals surface area contributed by atoms with Crippen LogP contribution in [-0.4, -0.2) is 47.8 Å². The number of aliphatic hydroxyl groups excluding tert-OH is 1. The Morgan fingerprint density at radius 1 is 1.20 bits per heavy atom. The minimum absolute atomic E-state index is 0.0566. The molecular weight excluding hydrogens is 248 g/mol. The van der Waals surface area contributed by atoms with Gasteiger partial charge >= 0.3 is 0 Å². The minimum Gasteiger partial charge on any atom is -0.394 e. The van der Waals surface area contributed by atoms with Crippen LogP contribution >= 0.6 is 0 Å². The Bertz CT molecular complexity index is 280. The maximum Gasteiger partial charge on any atom is 0.0610 e. The highest BCUT2D eigenvalue weighted by atomic mass is 16.3. The molecule has 118 valence electrons. The van der Waals surface area contributed by atoms with Gasteiger partial charge in [0.2, 0.25) is 0 Å². The standard InChI is InChI=1S/C17H34N2O/c1-3-15-6-4-11-19(13-9-15)12-5-10-17(2,14-20)18-16-7-8-16/h15-16,18,20H,3-14H2,1-2H3. The summed E-state index contributed by atoms with van der Waals surface area (Å²) in [5.74, 6) is 0.958. The molecule has 2 atom stereocenters. The minimum atomic E-state index is -0.0566. The Balaban J connectivity index is 1.66. The molecule has 1 saturated heterocycles. The van der Waals surface area contributed by atoms with Gasteiger partial charge in [-0.25, -0.2) is 0 Å². The molecule has 0 amide bonds. The molecule has 0 radical (unpaired) electrons. The van der Waals surface area contributed by atoms with Crippen LogP contribution in [0.2, 0.25) is 0 Å². The van der Waals surface area contributed by atoms with Crippen LogP contribution in [-0.2, 0) is 0 Å². The van der Waals surface area contributed by atoms with Gasteiger partial charge in [-0.05, 0) is 77.4 Å². The highest BCUT2D eigenvalue weighted by Gasteiger charge is 2.31. The second-order valence-electron chi connectivity index (χ2n) is 7.29. The van der Waals surface area contributed by atoms with Crippen molar-refractivity contribution in [2.24, 2.45) is 5.92 Å². The van der Waals surface area contributed by atoms with Crippen molar-refractivity contribution in [3.05, 3.63) is 0 Å². The van der Waals surface area contributed by atoms with Crippen molar-refractivity contribution in [2.45, 2.75) is 76.8 Å². The molecule has 0 spiro atoms. The van der Waals surface area contributed by atoms with E-state index >= 15 is 0 Å². The molecule has 2 N–H and O–H groups in total. The van der Waals surface area contributed by atoms with Gasteiger partial charge in [-0.15, -0.1) is 0 Å². The number of nitrogens with one attached hydrogen (secondary N) is 1. The summed E-state index contributed by atoms with van der Waals surface area (Å²) in [4.78, 5) is 2.64. The summed E-state index contributed by atoms with van der Waals surface area (Å²) in [7, 11) is 0. The molecule has 2 fully saturated rings. The molecule has 0 bridgehead atoms. The van der Waals surface area contributed by atoms with E-state index in [1.54, 1.807) is 0 Å². The predicted molar refractivity (Wildman–Crippen MR) is 85.0 cm³/mol. The molecule has 0 aromatic heterocycles. The topological polar surface area (TPSA) is 35.5 Å². The predicted octanol–water partition coefficient (Wildman–Crippen LogP) is 2.78. The number of nitrogens with zero attached hydrogens (tertiary/aromatic N) is 1. The van der Waals surface area contributed by atoms with Crippen LogP contribution in [0.5, 0.6) is 0 Å². The lowest BCUT2D eigenvalue weighted by molar-refractivity contribution is 0.154. The Morgan fingerprint density at radius 2 is 2.00 bits per heavy atom. The van der Waals surface area contributed by atoms with E-state index in [0.29, 0.717) is 6.04 Å². The van der Waals surface area contributed by atoms with E-state index in [-0.39, 0.29) is 12.1 Å². The Hall–Kier alpha value is -0.120. The highest BCUT2D eigenvalue weighted by molar-refractivity contribution is 4.92. The van der Waals surface area contributed by atoms with Crippen molar-refractivity contribution in [3.63, 3.8) is 0 Å². The maximum atomic E-state index is 9.63. The van der Waals surface area contributed by atoms with Crippen molar-refractivity contribution < 1.29 is 5.11 Å². The van der Waals surface area contributed by atoms with Crippen LogP contribution in [0, 0.1) is 5.92 Å². The van der Waals surface area contributed by atoms with E-state index < -0.39 is 0 Å². The normalized spacial score (nSPS) is 28.1. The van der Waals surface area contributed by atoms with Crippen molar-refractivity contribution in [3.8, 4) is 0 Å². The molecular formula is C17H34N2O. The van der Waals surface area contributed by atoms with Crippen LogP contribution in [0.25, 0.3) is 0 Å². The molecule has 3 nitrogen and oxygen atoms in total. The van der Waals surface area contributed by atoms with E-state index in [0.717, 1.165) is 12.3 Å². The van der Waals surface area contributed by atoms with Gasteiger partial charge in [0.15, 0.2) is 0 Å². The summed E-state index contributed by atoms with van der Waals surface area (Å²) in [6.45, 7) is 8.55. The Labute approximate surface area is 125 Å². The first-order chi connectivity index (χ1) is 9.65. The van der Waals surface area contributed by atoms with E-state index in [2.05, 4.69) is 24.1 Å². The van der Waals surface area contributed by atoms with Gasteiger partial charge in [0, 0.05) is 11.6 Å². The molecule has 2 rings (SSSR count). The molecule has 20 heavy (non-hydrogen) atoms. The maximum absolute atomic E-state index is 9.63. The van der Waals surface area contributed by atoms with Gasteiger partial charge in [-0.2, -0.15) is 0 Å². The van der Waals surface area contributed by atoms with Crippen molar-refractivity contribution in [1.29, 1.82) is 0 Å². The summed E-state index contributed by atoms with van der Waals surface area (Å²) < 4.78 is 0. The SMILES string of the molecule is CCC1CCCN(CCCC(C)(CO)NC2CC2)CC1.